The first-order valence-corrected chi connectivity index (χ1v) is 13.4. The van der Waals surface area contributed by atoms with Gasteiger partial charge in [0.15, 0.2) is 0 Å². The highest BCUT2D eigenvalue weighted by Crippen LogP contribution is 2.31. The van der Waals surface area contributed by atoms with E-state index in [4.69, 9.17) is 9.97 Å². The van der Waals surface area contributed by atoms with Gasteiger partial charge in [-0.05, 0) is 24.7 Å². The van der Waals surface area contributed by atoms with E-state index in [0.29, 0.717) is 0 Å². The van der Waals surface area contributed by atoms with E-state index < -0.39 is 0 Å². The molecule has 0 radical (unpaired) electrons. The van der Waals surface area contributed by atoms with E-state index in [1.807, 2.05) is 0 Å². The maximum absolute atomic E-state index is 5.27. The number of anilines is 3. The molecule has 7 nitrogen and oxygen atoms in total. The van der Waals surface area contributed by atoms with E-state index in [2.05, 4.69) is 92.2 Å². The highest BCUT2D eigenvalue weighted by atomic mass is 15.4. The lowest BCUT2D eigenvalue weighted by Crippen LogP contribution is -2.48. The second kappa shape index (κ2) is 10.4. The van der Waals surface area contributed by atoms with Gasteiger partial charge < -0.3 is 19.6 Å². The molecule has 36 heavy (non-hydrogen) atoms. The average Bonchev–Trinajstić information content (AvgIpc) is 2.94. The Hall–Kier alpha value is -3.16. The van der Waals surface area contributed by atoms with Crippen molar-refractivity contribution < 1.29 is 0 Å². The van der Waals surface area contributed by atoms with E-state index >= 15 is 0 Å². The molecular formula is C29H37N7. The molecule has 0 N–H and O–H groups in total. The van der Waals surface area contributed by atoms with Crippen LogP contribution in [0, 0.1) is 0 Å². The molecule has 188 valence electrons. The molecule has 0 unspecified atom stereocenters. The van der Waals surface area contributed by atoms with Gasteiger partial charge in [0.1, 0.15) is 5.82 Å². The lowest BCUT2D eigenvalue weighted by Gasteiger charge is -2.39. The van der Waals surface area contributed by atoms with E-state index in [9.17, 15) is 0 Å². The van der Waals surface area contributed by atoms with Gasteiger partial charge >= 0.3 is 0 Å². The van der Waals surface area contributed by atoms with Crippen LogP contribution in [0.25, 0.3) is 0 Å². The number of para-hydroxylation sites is 1. The Labute approximate surface area is 215 Å². The summed E-state index contributed by atoms with van der Waals surface area (Å²) < 4.78 is 0. The van der Waals surface area contributed by atoms with Crippen molar-refractivity contribution in [2.45, 2.75) is 19.5 Å². The summed E-state index contributed by atoms with van der Waals surface area (Å²) in [5, 5.41) is 0. The molecule has 3 aliphatic heterocycles. The molecular weight excluding hydrogens is 446 g/mol. The number of rotatable bonds is 5. The van der Waals surface area contributed by atoms with Crippen molar-refractivity contribution in [2.24, 2.45) is 0 Å². The van der Waals surface area contributed by atoms with Gasteiger partial charge in [0.2, 0.25) is 5.95 Å². The van der Waals surface area contributed by atoms with Crippen LogP contribution >= 0.6 is 0 Å². The largest absolute Gasteiger partial charge is 0.368 e. The molecule has 3 aliphatic rings. The number of fused-ring (bicyclic) bond motifs is 1. The fourth-order valence-electron chi connectivity index (χ4n) is 5.64. The predicted molar refractivity (Wildman–Crippen MR) is 147 cm³/mol. The first-order chi connectivity index (χ1) is 17.7. The van der Waals surface area contributed by atoms with Gasteiger partial charge in [-0.2, -0.15) is 4.98 Å². The lowest BCUT2D eigenvalue weighted by atomic mass is 10.0. The molecule has 6 rings (SSSR count). The molecule has 0 bridgehead atoms. The second-order valence-corrected chi connectivity index (χ2v) is 10.3. The van der Waals surface area contributed by atoms with Crippen molar-refractivity contribution in [3.8, 4) is 0 Å². The van der Waals surface area contributed by atoms with Gasteiger partial charge in [-0.1, -0.05) is 48.5 Å². The topological polar surface area (TPSA) is 42.0 Å². The van der Waals surface area contributed by atoms with Crippen molar-refractivity contribution >= 4 is 17.5 Å². The molecule has 3 aromatic rings. The minimum Gasteiger partial charge on any atom is -0.368 e. The van der Waals surface area contributed by atoms with E-state index in [1.54, 1.807) is 0 Å². The first-order valence-electron chi connectivity index (χ1n) is 13.4. The maximum Gasteiger partial charge on any atom is 0.227 e. The third-order valence-corrected chi connectivity index (χ3v) is 7.84. The highest BCUT2D eigenvalue weighted by Gasteiger charge is 2.29. The number of likely N-dealkylation sites (N-methyl/N-ethyl adjacent to an activating group) is 1. The van der Waals surface area contributed by atoms with Crippen LogP contribution in [0.5, 0.6) is 0 Å². The Morgan fingerprint density at radius 3 is 2.03 bits per heavy atom. The summed E-state index contributed by atoms with van der Waals surface area (Å²) in [5.41, 5.74) is 5.27. The SMILES string of the molecule is CN1CCN(c2nc(N3CCN(c4ccccc4)CC3)nc3c2CN(Cc2ccccc2)CC3)CC1. The van der Waals surface area contributed by atoms with Crippen molar-refractivity contribution in [1.29, 1.82) is 0 Å². The van der Waals surface area contributed by atoms with Crippen LogP contribution in [0.3, 0.4) is 0 Å². The van der Waals surface area contributed by atoms with Gasteiger partial charge in [-0.25, -0.2) is 4.98 Å². The zero-order chi connectivity index (χ0) is 24.3. The molecule has 2 saturated heterocycles. The monoisotopic (exact) mass is 483 g/mol. The van der Waals surface area contributed by atoms with Crippen molar-refractivity contribution in [3.63, 3.8) is 0 Å². The predicted octanol–water partition coefficient (Wildman–Crippen LogP) is 3.11. The molecule has 2 fully saturated rings. The van der Waals surface area contributed by atoms with Crippen molar-refractivity contribution in [2.75, 3.05) is 80.7 Å². The van der Waals surface area contributed by atoms with Gasteiger partial charge in [0, 0.05) is 89.7 Å². The number of nitrogens with zero attached hydrogens (tertiary/aromatic N) is 7. The van der Waals surface area contributed by atoms with E-state index in [1.165, 1.54) is 28.3 Å². The fraction of sp³-hybridized carbons (Fsp3) is 0.448. The Kier molecular flexibility index (Phi) is 6.75. The molecule has 4 heterocycles. The van der Waals surface area contributed by atoms with Crippen LogP contribution < -0.4 is 14.7 Å². The Bertz CT molecular complexity index is 1140. The lowest BCUT2D eigenvalue weighted by molar-refractivity contribution is 0.242. The van der Waals surface area contributed by atoms with E-state index in [0.717, 1.165) is 84.4 Å². The van der Waals surface area contributed by atoms with E-state index in [-0.39, 0.29) is 0 Å². The smallest absolute Gasteiger partial charge is 0.227 e. The summed E-state index contributed by atoms with van der Waals surface area (Å²) >= 11 is 0. The summed E-state index contributed by atoms with van der Waals surface area (Å²) in [4.78, 5) is 22.8. The minimum absolute atomic E-state index is 0.923. The molecule has 0 spiro atoms. The Morgan fingerprint density at radius 2 is 1.31 bits per heavy atom. The molecule has 0 aliphatic carbocycles. The number of hydrogen-bond acceptors (Lipinski definition) is 7. The first kappa shape index (κ1) is 23.3. The van der Waals surface area contributed by atoms with Crippen molar-refractivity contribution in [1.82, 2.24) is 19.8 Å². The number of benzene rings is 2. The second-order valence-electron chi connectivity index (χ2n) is 10.3. The molecule has 0 saturated carbocycles. The molecule has 1 aromatic heterocycles. The maximum atomic E-state index is 5.27. The summed E-state index contributed by atoms with van der Waals surface area (Å²) in [6.07, 6.45) is 0.989. The van der Waals surface area contributed by atoms with Gasteiger partial charge in [-0.3, -0.25) is 4.90 Å². The van der Waals surface area contributed by atoms with Crippen LogP contribution in [0.4, 0.5) is 17.5 Å². The summed E-state index contributed by atoms with van der Waals surface area (Å²) in [7, 11) is 2.21. The van der Waals surface area contributed by atoms with Crippen LogP contribution in [0.15, 0.2) is 60.7 Å². The van der Waals surface area contributed by atoms with Gasteiger partial charge in [0.05, 0.1) is 5.69 Å². The Morgan fingerprint density at radius 1 is 0.667 bits per heavy atom. The quantitative estimate of drug-likeness (QED) is 0.552. The van der Waals surface area contributed by atoms with Gasteiger partial charge in [-0.15, -0.1) is 0 Å². The van der Waals surface area contributed by atoms with Crippen LogP contribution in [0.2, 0.25) is 0 Å². The van der Waals surface area contributed by atoms with Crippen molar-refractivity contribution in [3.05, 3.63) is 77.5 Å². The normalized spacial score (nSPS) is 19.4. The fourth-order valence-corrected chi connectivity index (χ4v) is 5.64. The number of hydrogen-bond donors (Lipinski definition) is 0. The van der Waals surface area contributed by atoms with Crippen LogP contribution in [-0.2, 0) is 19.5 Å². The third-order valence-electron chi connectivity index (χ3n) is 7.84. The summed E-state index contributed by atoms with van der Waals surface area (Å²) in [6, 6.07) is 21.6. The highest BCUT2D eigenvalue weighted by molar-refractivity contribution is 5.55. The molecule has 0 amide bonds. The van der Waals surface area contributed by atoms with Crippen LogP contribution in [0.1, 0.15) is 16.8 Å². The Balaban J connectivity index is 1.24. The third kappa shape index (κ3) is 5.04. The number of aromatic nitrogens is 2. The molecule has 2 aromatic carbocycles. The zero-order valence-corrected chi connectivity index (χ0v) is 21.4. The molecule has 0 atom stereocenters. The number of piperazine rings is 2. The van der Waals surface area contributed by atoms with Crippen LogP contribution in [-0.4, -0.2) is 85.7 Å². The van der Waals surface area contributed by atoms with Gasteiger partial charge in [0.25, 0.3) is 0 Å². The zero-order valence-electron chi connectivity index (χ0n) is 21.4. The standard InChI is InChI=1S/C29H37N7/c1-32-14-16-35(17-15-32)28-26-23-33(22-24-8-4-2-5-9-24)13-12-27(26)30-29(31-28)36-20-18-34(19-21-36)25-10-6-3-7-11-25/h2-11H,12-23H2,1H3. The molecule has 7 heteroatoms. The average molecular weight is 484 g/mol. The minimum atomic E-state index is 0.923. The summed E-state index contributed by atoms with van der Waals surface area (Å²) in [5.74, 6) is 2.10. The summed E-state index contributed by atoms with van der Waals surface area (Å²) in [6.45, 7) is 11.1.